The highest BCUT2D eigenvalue weighted by molar-refractivity contribution is 7.89. The van der Waals surface area contributed by atoms with Gasteiger partial charge in [0.05, 0.1) is 4.90 Å². The van der Waals surface area contributed by atoms with Crippen molar-refractivity contribution in [2.75, 3.05) is 19.6 Å². The second-order valence-corrected chi connectivity index (χ2v) is 10.2. The predicted octanol–water partition coefficient (Wildman–Crippen LogP) is 3.73. The van der Waals surface area contributed by atoms with Crippen LogP contribution in [-0.2, 0) is 16.4 Å². The van der Waals surface area contributed by atoms with Gasteiger partial charge < -0.3 is 5.32 Å². The molecule has 0 aliphatic carbocycles. The minimum absolute atomic E-state index is 0.0613. The minimum Gasteiger partial charge on any atom is -0.315 e. The molecule has 2 unspecified atom stereocenters. The van der Waals surface area contributed by atoms with Crippen LogP contribution in [0.1, 0.15) is 12.0 Å². The number of sulfonamides is 1. The molecule has 3 aromatic carbocycles. The molecule has 0 radical (unpaired) electrons. The summed E-state index contributed by atoms with van der Waals surface area (Å²) < 4.78 is 28.3. The van der Waals surface area contributed by atoms with Crippen LogP contribution >= 0.6 is 12.6 Å². The Balaban J connectivity index is 1.45. The molecular formula is C23H26N2O2S2. The lowest BCUT2D eigenvalue weighted by molar-refractivity contribution is 0.373. The number of nitrogens with zero attached hydrogens (tertiary/aromatic N) is 1. The number of hydrogen-bond donors (Lipinski definition) is 2. The number of nitrogens with one attached hydrogen (secondary N) is 1. The van der Waals surface area contributed by atoms with Crippen molar-refractivity contribution in [1.82, 2.24) is 9.62 Å². The molecule has 0 saturated carbocycles. The summed E-state index contributed by atoms with van der Waals surface area (Å²) in [6.07, 6.45) is 1.68. The van der Waals surface area contributed by atoms with Gasteiger partial charge in [-0.2, -0.15) is 16.9 Å². The maximum absolute atomic E-state index is 13.4. The van der Waals surface area contributed by atoms with E-state index in [1.165, 1.54) is 5.56 Å². The van der Waals surface area contributed by atoms with Crippen LogP contribution in [0.3, 0.4) is 0 Å². The van der Waals surface area contributed by atoms with E-state index < -0.39 is 10.0 Å². The zero-order chi connectivity index (χ0) is 20.3. The molecule has 0 spiro atoms. The summed E-state index contributed by atoms with van der Waals surface area (Å²) in [7, 11) is -3.56. The molecule has 1 aliphatic rings. The summed E-state index contributed by atoms with van der Waals surface area (Å²) in [4.78, 5) is 0.355. The monoisotopic (exact) mass is 426 g/mol. The number of rotatable bonds is 7. The Kier molecular flexibility index (Phi) is 6.25. The largest absolute Gasteiger partial charge is 0.315 e. The van der Waals surface area contributed by atoms with Crippen molar-refractivity contribution in [3.63, 3.8) is 0 Å². The molecule has 29 heavy (non-hydrogen) atoms. The number of fused-ring (bicyclic) bond motifs is 1. The maximum atomic E-state index is 13.4. The first-order chi connectivity index (χ1) is 14.0. The predicted molar refractivity (Wildman–Crippen MR) is 122 cm³/mol. The fraction of sp³-hybridized carbons (Fsp3) is 0.304. The fourth-order valence-corrected chi connectivity index (χ4v) is 6.20. The zero-order valence-corrected chi connectivity index (χ0v) is 17.9. The second-order valence-electron chi connectivity index (χ2n) is 7.57. The highest BCUT2D eigenvalue weighted by Gasteiger charge is 2.38. The summed E-state index contributed by atoms with van der Waals surface area (Å²) in [6, 6.07) is 23.4. The third-order valence-corrected chi connectivity index (χ3v) is 7.77. The van der Waals surface area contributed by atoms with Crippen molar-refractivity contribution in [2.45, 2.75) is 29.0 Å². The molecule has 1 fully saturated rings. The summed E-state index contributed by atoms with van der Waals surface area (Å²) in [5, 5.41) is 5.48. The average Bonchev–Trinajstić information content (AvgIpc) is 3.13. The molecule has 0 aromatic heterocycles. The van der Waals surface area contributed by atoms with E-state index in [4.69, 9.17) is 0 Å². The van der Waals surface area contributed by atoms with Crippen LogP contribution < -0.4 is 5.32 Å². The first-order valence-electron chi connectivity index (χ1n) is 9.97. The number of hydrogen-bond acceptors (Lipinski definition) is 4. The third-order valence-electron chi connectivity index (χ3n) is 5.48. The van der Waals surface area contributed by atoms with Crippen LogP contribution in [0.15, 0.2) is 77.7 Å². The average molecular weight is 427 g/mol. The van der Waals surface area contributed by atoms with Gasteiger partial charge in [-0.1, -0.05) is 60.7 Å². The molecule has 6 heteroatoms. The van der Waals surface area contributed by atoms with Crippen molar-refractivity contribution in [2.24, 2.45) is 0 Å². The number of thiol groups is 1. The van der Waals surface area contributed by atoms with Gasteiger partial charge in [0.1, 0.15) is 0 Å². The summed E-state index contributed by atoms with van der Waals surface area (Å²) in [5.41, 5.74) is 1.28. The van der Waals surface area contributed by atoms with Gasteiger partial charge in [0.15, 0.2) is 0 Å². The van der Waals surface area contributed by atoms with E-state index in [1.807, 2.05) is 48.5 Å². The minimum atomic E-state index is -3.56. The second kappa shape index (κ2) is 8.88. The fourth-order valence-electron chi connectivity index (χ4n) is 3.95. The lowest BCUT2D eigenvalue weighted by atomic mass is 10.1. The maximum Gasteiger partial charge on any atom is 0.243 e. The van der Waals surface area contributed by atoms with E-state index in [2.05, 4.69) is 30.1 Å². The van der Waals surface area contributed by atoms with Crippen molar-refractivity contribution in [3.05, 3.63) is 78.4 Å². The van der Waals surface area contributed by atoms with Crippen LogP contribution in [0.5, 0.6) is 0 Å². The Hall–Kier alpha value is -1.86. The quantitative estimate of drug-likeness (QED) is 0.447. The van der Waals surface area contributed by atoms with Crippen LogP contribution in [0.4, 0.5) is 0 Å². The molecule has 0 amide bonds. The van der Waals surface area contributed by atoms with Crippen molar-refractivity contribution >= 4 is 33.4 Å². The summed E-state index contributed by atoms with van der Waals surface area (Å²) in [6.45, 7) is 1.90. The van der Waals surface area contributed by atoms with Gasteiger partial charge in [0.25, 0.3) is 0 Å². The van der Waals surface area contributed by atoms with E-state index in [-0.39, 0.29) is 11.3 Å². The molecule has 152 valence electrons. The van der Waals surface area contributed by atoms with Gasteiger partial charge in [-0.15, -0.1) is 0 Å². The first-order valence-corrected chi connectivity index (χ1v) is 11.9. The molecule has 1 N–H and O–H groups in total. The Labute approximate surface area is 178 Å². The highest BCUT2D eigenvalue weighted by atomic mass is 32.2. The molecule has 1 saturated heterocycles. The van der Waals surface area contributed by atoms with E-state index >= 15 is 0 Å². The van der Waals surface area contributed by atoms with Gasteiger partial charge in [0, 0.05) is 24.4 Å². The smallest absolute Gasteiger partial charge is 0.243 e. The normalized spacial score (nSPS) is 20.3. The molecule has 2 atom stereocenters. The SMILES string of the molecule is O=S(=O)(c1ccc2ccccc2c1)N1CC(S)CC1CNCCc1ccccc1. The third kappa shape index (κ3) is 4.67. The van der Waals surface area contributed by atoms with Gasteiger partial charge >= 0.3 is 0 Å². The lowest BCUT2D eigenvalue weighted by Crippen LogP contribution is -2.42. The molecule has 0 bridgehead atoms. The molecule has 1 heterocycles. The first kappa shape index (κ1) is 20.4. The van der Waals surface area contributed by atoms with Gasteiger partial charge in [-0.25, -0.2) is 8.42 Å². The zero-order valence-electron chi connectivity index (χ0n) is 16.2. The molecule has 1 aliphatic heterocycles. The highest BCUT2D eigenvalue weighted by Crippen LogP contribution is 2.30. The lowest BCUT2D eigenvalue weighted by Gasteiger charge is -2.24. The van der Waals surface area contributed by atoms with Crippen LogP contribution in [-0.4, -0.2) is 43.6 Å². The van der Waals surface area contributed by atoms with Crippen molar-refractivity contribution in [3.8, 4) is 0 Å². The van der Waals surface area contributed by atoms with Crippen LogP contribution in [0, 0.1) is 0 Å². The van der Waals surface area contributed by atoms with E-state index in [0.717, 1.165) is 30.2 Å². The molecule has 4 nitrogen and oxygen atoms in total. The standard InChI is InChI=1S/C23H26N2O2S2/c26-29(27,23-11-10-19-8-4-5-9-20(19)14-23)25-17-22(28)15-21(25)16-24-13-12-18-6-2-1-3-7-18/h1-11,14,21-22,24,28H,12-13,15-17H2. The topological polar surface area (TPSA) is 49.4 Å². The van der Waals surface area contributed by atoms with Gasteiger partial charge in [-0.05, 0) is 47.9 Å². The van der Waals surface area contributed by atoms with E-state index in [0.29, 0.717) is 18.0 Å². The summed E-state index contributed by atoms with van der Waals surface area (Å²) >= 11 is 4.58. The van der Waals surface area contributed by atoms with Crippen molar-refractivity contribution < 1.29 is 8.42 Å². The molecule has 4 rings (SSSR count). The Morgan fingerprint density at radius 2 is 1.69 bits per heavy atom. The Morgan fingerprint density at radius 1 is 0.966 bits per heavy atom. The van der Waals surface area contributed by atoms with Crippen molar-refractivity contribution in [1.29, 1.82) is 0 Å². The van der Waals surface area contributed by atoms with Gasteiger partial charge in [-0.3, -0.25) is 0 Å². The molecular weight excluding hydrogens is 400 g/mol. The van der Waals surface area contributed by atoms with E-state index in [1.54, 1.807) is 16.4 Å². The van der Waals surface area contributed by atoms with Crippen LogP contribution in [0.2, 0.25) is 0 Å². The van der Waals surface area contributed by atoms with Crippen LogP contribution in [0.25, 0.3) is 10.8 Å². The van der Waals surface area contributed by atoms with Gasteiger partial charge in [0.2, 0.25) is 10.0 Å². The van der Waals surface area contributed by atoms with E-state index in [9.17, 15) is 8.42 Å². The Morgan fingerprint density at radius 3 is 2.48 bits per heavy atom. The Bertz CT molecular complexity index is 1070. The number of benzene rings is 3. The summed E-state index contributed by atoms with van der Waals surface area (Å²) in [5.74, 6) is 0. The molecule has 3 aromatic rings.